The van der Waals surface area contributed by atoms with Crippen molar-refractivity contribution in [1.29, 1.82) is 0 Å². The quantitative estimate of drug-likeness (QED) is 0.732. The lowest BCUT2D eigenvalue weighted by Crippen LogP contribution is -2.36. The van der Waals surface area contributed by atoms with Crippen LogP contribution in [-0.4, -0.2) is 44.7 Å². The van der Waals surface area contributed by atoms with E-state index in [1.807, 2.05) is 30.3 Å². The second-order valence-corrected chi connectivity index (χ2v) is 6.77. The van der Waals surface area contributed by atoms with Gasteiger partial charge in [-0.1, -0.05) is 6.07 Å². The Kier molecular flexibility index (Phi) is 6.76. The van der Waals surface area contributed by atoms with Crippen LogP contribution in [0.15, 0.2) is 41.0 Å². The molecular formula is C21H28N2O4. The summed E-state index contributed by atoms with van der Waals surface area (Å²) in [6.07, 6.45) is 5.17. The molecule has 3 rings (SSSR count). The Labute approximate surface area is 160 Å². The minimum atomic E-state index is 0.0422. The summed E-state index contributed by atoms with van der Waals surface area (Å²) >= 11 is 0. The number of hydrogen-bond donors (Lipinski definition) is 1. The number of furan rings is 1. The average Bonchev–Trinajstić information content (AvgIpc) is 3.41. The third-order valence-corrected chi connectivity index (χ3v) is 5.03. The Morgan fingerprint density at radius 3 is 2.63 bits per heavy atom. The number of rotatable bonds is 9. The van der Waals surface area contributed by atoms with E-state index in [4.69, 9.17) is 13.9 Å². The van der Waals surface area contributed by atoms with E-state index in [1.165, 1.54) is 12.8 Å². The monoisotopic (exact) mass is 372 g/mol. The van der Waals surface area contributed by atoms with Crippen LogP contribution in [0.2, 0.25) is 0 Å². The minimum Gasteiger partial charge on any atom is -0.493 e. The highest BCUT2D eigenvalue weighted by atomic mass is 16.5. The van der Waals surface area contributed by atoms with Gasteiger partial charge in [-0.2, -0.15) is 0 Å². The van der Waals surface area contributed by atoms with Crippen molar-refractivity contribution in [3.8, 4) is 11.5 Å². The van der Waals surface area contributed by atoms with Crippen LogP contribution < -0.4 is 14.8 Å². The Bertz CT molecular complexity index is 724. The molecule has 6 heteroatoms. The van der Waals surface area contributed by atoms with E-state index < -0.39 is 0 Å². The van der Waals surface area contributed by atoms with Crippen LogP contribution in [0, 0.1) is 0 Å². The Morgan fingerprint density at radius 1 is 1.19 bits per heavy atom. The first kappa shape index (κ1) is 19.3. The van der Waals surface area contributed by atoms with Gasteiger partial charge in [0.15, 0.2) is 11.5 Å². The summed E-state index contributed by atoms with van der Waals surface area (Å²) in [6.45, 7) is 2.66. The number of carbonyl (C=O) groups excluding carboxylic acids is 1. The van der Waals surface area contributed by atoms with Gasteiger partial charge < -0.3 is 19.2 Å². The lowest BCUT2D eigenvalue weighted by atomic mass is 10.1. The number of methoxy groups -OCH3 is 2. The highest BCUT2D eigenvalue weighted by Gasteiger charge is 2.25. The molecule has 6 nitrogen and oxygen atoms in total. The highest BCUT2D eigenvalue weighted by Crippen LogP contribution is 2.28. The largest absolute Gasteiger partial charge is 0.493 e. The van der Waals surface area contributed by atoms with Crippen LogP contribution in [0.25, 0.3) is 0 Å². The predicted molar refractivity (Wildman–Crippen MR) is 103 cm³/mol. The van der Waals surface area contributed by atoms with E-state index in [2.05, 4.69) is 10.2 Å². The van der Waals surface area contributed by atoms with Crippen molar-refractivity contribution in [2.45, 2.75) is 31.7 Å². The summed E-state index contributed by atoms with van der Waals surface area (Å²) in [4.78, 5) is 14.7. The zero-order chi connectivity index (χ0) is 19.1. The number of ether oxygens (including phenoxy) is 2. The summed E-state index contributed by atoms with van der Waals surface area (Å²) in [5, 5.41) is 3.07. The first-order valence-corrected chi connectivity index (χ1v) is 9.46. The molecule has 1 aromatic heterocycles. The molecule has 0 radical (unpaired) electrons. The van der Waals surface area contributed by atoms with E-state index in [9.17, 15) is 4.79 Å². The maximum Gasteiger partial charge on any atom is 0.220 e. The average molecular weight is 372 g/mol. The van der Waals surface area contributed by atoms with Crippen LogP contribution >= 0.6 is 0 Å². The van der Waals surface area contributed by atoms with Crippen LogP contribution in [-0.2, 0) is 11.2 Å². The SMILES string of the molecule is COc1ccc(CCC(=O)NCC(c2ccco2)N2CCCC2)cc1OC. The zero-order valence-corrected chi connectivity index (χ0v) is 16.1. The molecule has 2 heterocycles. The number of carbonyl (C=O) groups is 1. The number of benzene rings is 1. The molecule has 1 N–H and O–H groups in total. The lowest BCUT2D eigenvalue weighted by molar-refractivity contribution is -0.121. The third kappa shape index (κ3) is 5.04. The fourth-order valence-electron chi connectivity index (χ4n) is 3.54. The van der Waals surface area contributed by atoms with Crippen molar-refractivity contribution in [3.63, 3.8) is 0 Å². The minimum absolute atomic E-state index is 0.0422. The summed E-state index contributed by atoms with van der Waals surface area (Å²) in [5.41, 5.74) is 1.05. The van der Waals surface area contributed by atoms with Gasteiger partial charge in [-0.25, -0.2) is 0 Å². The van der Waals surface area contributed by atoms with Gasteiger partial charge in [-0.05, 0) is 62.2 Å². The van der Waals surface area contributed by atoms with Gasteiger partial charge in [0.05, 0.1) is 26.5 Å². The molecule has 1 atom stereocenters. The second kappa shape index (κ2) is 9.46. The Balaban J connectivity index is 1.52. The van der Waals surface area contributed by atoms with Gasteiger partial charge in [-0.15, -0.1) is 0 Å². The number of likely N-dealkylation sites (tertiary alicyclic amines) is 1. The van der Waals surface area contributed by atoms with Crippen LogP contribution in [0.5, 0.6) is 11.5 Å². The molecule has 1 fully saturated rings. The van der Waals surface area contributed by atoms with Gasteiger partial charge in [0.1, 0.15) is 5.76 Å². The number of nitrogens with zero attached hydrogens (tertiary/aromatic N) is 1. The summed E-state index contributed by atoms with van der Waals surface area (Å²) < 4.78 is 16.2. The molecule has 2 aromatic rings. The van der Waals surface area contributed by atoms with Crippen molar-refractivity contribution in [2.24, 2.45) is 0 Å². The fourth-order valence-corrected chi connectivity index (χ4v) is 3.54. The van der Waals surface area contributed by atoms with Gasteiger partial charge in [-0.3, -0.25) is 9.69 Å². The van der Waals surface area contributed by atoms with Crippen LogP contribution in [0.1, 0.15) is 36.6 Å². The normalized spacial score (nSPS) is 15.5. The molecule has 0 bridgehead atoms. The van der Waals surface area contributed by atoms with Crippen molar-refractivity contribution < 1.29 is 18.7 Å². The molecule has 1 saturated heterocycles. The smallest absolute Gasteiger partial charge is 0.220 e. The molecule has 0 spiro atoms. The molecular weight excluding hydrogens is 344 g/mol. The number of hydrogen-bond acceptors (Lipinski definition) is 5. The topological polar surface area (TPSA) is 63.9 Å². The molecule has 0 aliphatic carbocycles. The zero-order valence-electron chi connectivity index (χ0n) is 16.1. The highest BCUT2D eigenvalue weighted by molar-refractivity contribution is 5.76. The Morgan fingerprint density at radius 2 is 1.96 bits per heavy atom. The lowest BCUT2D eigenvalue weighted by Gasteiger charge is -2.26. The van der Waals surface area contributed by atoms with Gasteiger partial charge >= 0.3 is 0 Å². The molecule has 146 valence electrons. The van der Waals surface area contributed by atoms with Gasteiger partial charge in [0.25, 0.3) is 0 Å². The van der Waals surface area contributed by atoms with Crippen molar-refractivity contribution in [2.75, 3.05) is 33.9 Å². The van der Waals surface area contributed by atoms with E-state index in [-0.39, 0.29) is 11.9 Å². The molecule has 1 aromatic carbocycles. The maximum atomic E-state index is 12.4. The standard InChI is InChI=1S/C21H28N2O4/c1-25-19-9-7-16(14-20(19)26-2)8-10-21(24)22-15-17(18-6-5-13-27-18)23-11-3-4-12-23/h5-7,9,13-14,17H,3-4,8,10-12,15H2,1-2H3,(H,22,24). The van der Waals surface area contributed by atoms with Gasteiger partial charge in [0.2, 0.25) is 5.91 Å². The first-order chi connectivity index (χ1) is 13.2. The summed E-state index contributed by atoms with van der Waals surface area (Å²) in [7, 11) is 3.22. The van der Waals surface area contributed by atoms with E-state index in [1.54, 1.807) is 20.5 Å². The molecule has 1 aliphatic heterocycles. The molecule has 1 unspecified atom stereocenters. The van der Waals surface area contributed by atoms with Crippen molar-refractivity contribution in [3.05, 3.63) is 47.9 Å². The Hall–Kier alpha value is -2.47. The predicted octanol–water partition coefficient (Wildman–Crippen LogP) is 3.18. The summed E-state index contributed by atoms with van der Waals surface area (Å²) in [6, 6.07) is 9.74. The van der Waals surface area contributed by atoms with Crippen LogP contribution in [0.3, 0.4) is 0 Å². The van der Waals surface area contributed by atoms with Crippen molar-refractivity contribution >= 4 is 5.91 Å². The second-order valence-electron chi connectivity index (χ2n) is 6.77. The third-order valence-electron chi connectivity index (χ3n) is 5.03. The molecule has 27 heavy (non-hydrogen) atoms. The summed E-state index contributed by atoms with van der Waals surface area (Å²) in [5.74, 6) is 2.33. The van der Waals surface area contributed by atoms with E-state index in [0.717, 1.165) is 24.4 Å². The van der Waals surface area contributed by atoms with E-state index >= 15 is 0 Å². The van der Waals surface area contributed by atoms with Crippen LogP contribution in [0.4, 0.5) is 0 Å². The number of nitrogens with one attached hydrogen (secondary N) is 1. The molecule has 1 amide bonds. The van der Waals surface area contributed by atoms with E-state index in [0.29, 0.717) is 30.9 Å². The first-order valence-electron chi connectivity index (χ1n) is 9.46. The van der Waals surface area contributed by atoms with Crippen molar-refractivity contribution in [1.82, 2.24) is 10.2 Å². The number of amides is 1. The fraction of sp³-hybridized carbons (Fsp3) is 0.476. The molecule has 0 saturated carbocycles. The number of aryl methyl sites for hydroxylation is 1. The maximum absolute atomic E-state index is 12.4. The molecule has 1 aliphatic rings. The van der Waals surface area contributed by atoms with Gasteiger partial charge in [0, 0.05) is 13.0 Å².